The monoisotopic (exact) mass is 342 g/mol. The van der Waals surface area contributed by atoms with Crippen LogP contribution in [-0.4, -0.2) is 27.9 Å². The number of hydrogen-bond donors (Lipinski definition) is 1. The smallest absolute Gasteiger partial charge is 0.129 e. The van der Waals surface area contributed by atoms with E-state index in [1.807, 2.05) is 35.1 Å². The van der Waals surface area contributed by atoms with Gasteiger partial charge in [0.2, 0.25) is 0 Å². The quantitative estimate of drug-likeness (QED) is 0.714. The van der Waals surface area contributed by atoms with E-state index >= 15 is 0 Å². The van der Waals surface area contributed by atoms with Gasteiger partial charge in [0, 0.05) is 24.2 Å². The van der Waals surface area contributed by atoms with E-state index in [4.69, 9.17) is 9.72 Å². The second-order valence-corrected chi connectivity index (χ2v) is 6.72. The van der Waals surface area contributed by atoms with Crippen molar-refractivity contribution in [3.63, 3.8) is 0 Å². The highest BCUT2D eigenvalue weighted by molar-refractivity contribution is 7.13. The largest absolute Gasteiger partial charge is 0.496 e. The zero-order valence-corrected chi connectivity index (χ0v) is 15.0. The van der Waals surface area contributed by atoms with Crippen LogP contribution in [0.25, 0.3) is 10.6 Å². The number of thiazole rings is 1. The van der Waals surface area contributed by atoms with Crippen molar-refractivity contribution < 1.29 is 4.74 Å². The van der Waals surface area contributed by atoms with Crippen molar-refractivity contribution in [2.45, 2.75) is 33.0 Å². The SMILES string of the molecule is COc1ccccc1-c1nc(CN[C@H](C)Cn2cc(C)cn2)cs1. The highest BCUT2D eigenvalue weighted by Crippen LogP contribution is 2.31. The van der Waals surface area contributed by atoms with Gasteiger partial charge in [-0.15, -0.1) is 11.3 Å². The first-order valence-corrected chi connectivity index (χ1v) is 8.84. The number of aryl methyl sites for hydroxylation is 1. The van der Waals surface area contributed by atoms with Gasteiger partial charge in [-0.05, 0) is 31.5 Å². The van der Waals surface area contributed by atoms with Crippen molar-refractivity contribution in [2.75, 3.05) is 7.11 Å². The second-order valence-electron chi connectivity index (χ2n) is 5.87. The van der Waals surface area contributed by atoms with E-state index in [2.05, 4.69) is 35.8 Å². The Kier molecular flexibility index (Phi) is 5.27. The molecule has 3 rings (SSSR count). The van der Waals surface area contributed by atoms with Gasteiger partial charge < -0.3 is 10.1 Å². The maximum absolute atomic E-state index is 5.42. The fraction of sp³-hybridized carbons (Fsp3) is 0.333. The number of nitrogens with zero attached hydrogens (tertiary/aromatic N) is 3. The number of methoxy groups -OCH3 is 1. The molecule has 0 aliphatic rings. The van der Waals surface area contributed by atoms with E-state index in [-0.39, 0.29) is 0 Å². The fourth-order valence-electron chi connectivity index (χ4n) is 2.52. The Labute approximate surface area is 146 Å². The van der Waals surface area contributed by atoms with Gasteiger partial charge in [0.15, 0.2) is 0 Å². The first-order chi connectivity index (χ1) is 11.7. The molecular formula is C18H22N4OS. The third-order valence-corrected chi connectivity index (χ3v) is 4.67. The van der Waals surface area contributed by atoms with Crippen LogP contribution in [0.4, 0.5) is 0 Å². The van der Waals surface area contributed by atoms with Crippen LogP contribution in [0.1, 0.15) is 18.2 Å². The molecule has 0 unspecified atom stereocenters. The van der Waals surface area contributed by atoms with Crippen molar-refractivity contribution in [1.82, 2.24) is 20.1 Å². The predicted molar refractivity (Wildman–Crippen MR) is 97.4 cm³/mol. The molecule has 0 aliphatic heterocycles. The van der Waals surface area contributed by atoms with Gasteiger partial charge in [-0.2, -0.15) is 5.10 Å². The Hall–Kier alpha value is -2.18. The third kappa shape index (κ3) is 4.01. The van der Waals surface area contributed by atoms with Crippen molar-refractivity contribution >= 4 is 11.3 Å². The minimum absolute atomic E-state index is 0.320. The van der Waals surface area contributed by atoms with Crippen LogP contribution in [0.2, 0.25) is 0 Å². The normalized spacial score (nSPS) is 12.3. The summed E-state index contributed by atoms with van der Waals surface area (Å²) in [5, 5.41) is 10.9. The summed E-state index contributed by atoms with van der Waals surface area (Å²) in [5.41, 5.74) is 3.27. The molecule has 6 heteroatoms. The predicted octanol–water partition coefficient (Wildman–Crippen LogP) is 3.50. The lowest BCUT2D eigenvalue weighted by Crippen LogP contribution is -2.30. The van der Waals surface area contributed by atoms with Crippen LogP contribution in [-0.2, 0) is 13.1 Å². The molecule has 0 amide bonds. The minimum Gasteiger partial charge on any atom is -0.496 e. The second kappa shape index (κ2) is 7.59. The van der Waals surface area contributed by atoms with Gasteiger partial charge in [-0.1, -0.05) is 12.1 Å². The maximum atomic E-state index is 5.42. The zero-order chi connectivity index (χ0) is 16.9. The van der Waals surface area contributed by atoms with Crippen LogP contribution in [0.5, 0.6) is 5.75 Å². The Balaban J connectivity index is 1.60. The van der Waals surface area contributed by atoms with E-state index in [0.29, 0.717) is 6.04 Å². The zero-order valence-electron chi connectivity index (χ0n) is 14.2. The van der Waals surface area contributed by atoms with E-state index in [9.17, 15) is 0 Å². The Morgan fingerprint density at radius 3 is 2.92 bits per heavy atom. The number of para-hydroxylation sites is 1. The van der Waals surface area contributed by atoms with Crippen LogP contribution in [0, 0.1) is 6.92 Å². The summed E-state index contributed by atoms with van der Waals surface area (Å²) in [6.07, 6.45) is 3.94. The van der Waals surface area contributed by atoms with Gasteiger partial charge in [-0.3, -0.25) is 4.68 Å². The number of hydrogen-bond acceptors (Lipinski definition) is 5. The molecule has 126 valence electrons. The molecule has 0 spiro atoms. The summed E-state index contributed by atoms with van der Waals surface area (Å²) in [4.78, 5) is 4.73. The van der Waals surface area contributed by atoms with E-state index < -0.39 is 0 Å². The Morgan fingerprint density at radius 1 is 1.33 bits per heavy atom. The third-order valence-electron chi connectivity index (χ3n) is 3.74. The molecule has 1 N–H and O–H groups in total. The molecule has 2 heterocycles. The van der Waals surface area contributed by atoms with Crippen LogP contribution in [0.15, 0.2) is 42.0 Å². The topological polar surface area (TPSA) is 52.0 Å². The summed E-state index contributed by atoms with van der Waals surface area (Å²) in [6.45, 7) is 5.80. The fourth-order valence-corrected chi connectivity index (χ4v) is 3.37. The van der Waals surface area contributed by atoms with Crippen molar-refractivity contribution in [1.29, 1.82) is 0 Å². The number of nitrogens with one attached hydrogen (secondary N) is 1. The molecule has 0 aliphatic carbocycles. The molecular weight excluding hydrogens is 320 g/mol. The highest BCUT2D eigenvalue weighted by Gasteiger charge is 2.10. The molecule has 5 nitrogen and oxygen atoms in total. The summed E-state index contributed by atoms with van der Waals surface area (Å²) >= 11 is 1.64. The van der Waals surface area contributed by atoms with Gasteiger partial charge in [-0.25, -0.2) is 4.98 Å². The van der Waals surface area contributed by atoms with Gasteiger partial charge >= 0.3 is 0 Å². The molecule has 0 radical (unpaired) electrons. The molecule has 2 aromatic heterocycles. The molecule has 0 saturated carbocycles. The highest BCUT2D eigenvalue weighted by atomic mass is 32.1. The lowest BCUT2D eigenvalue weighted by atomic mass is 10.2. The first kappa shape index (κ1) is 16.7. The van der Waals surface area contributed by atoms with Crippen molar-refractivity contribution in [2.24, 2.45) is 0 Å². The standard InChI is InChI=1S/C18H22N4OS/c1-13-8-20-22(10-13)11-14(2)19-9-15-12-24-18(21-15)16-6-4-5-7-17(16)23-3/h4-8,10,12,14,19H,9,11H2,1-3H3/t14-/m1/s1. The lowest BCUT2D eigenvalue weighted by molar-refractivity contribution is 0.416. The number of ether oxygens (including phenoxy) is 1. The molecule has 0 fully saturated rings. The number of rotatable bonds is 7. The van der Waals surface area contributed by atoms with Crippen LogP contribution >= 0.6 is 11.3 Å². The Morgan fingerprint density at radius 2 is 2.17 bits per heavy atom. The van der Waals surface area contributed by atoms with Crippen molar-refractivity contribution in [3.8, 4) is 16.3 Å². The van der Waals surface area contributed by atoms with Gasteiger partial charge in [0.1, 0.15) is 10.8 Å². The summed E-state index contributed by atoms with van der Waals surface area (Å²) < 4.78 is 7.38. The summed E-state index contributed by atoms with van der Waals surface area (Å²) in [7, 11) is 1.69. The van der Waals surface area contributed by atoms with Gasteiger partial charge in [0.25, 0.3) is 0 Å². The molecule has 0 bridgehead atoms. The molecule has 3 aromatic rings. The summed E-state index contributed by atoms with van der Waals surface area (Å²) in [5.74, 6) is 0.855. The molecule has 24 heavy (non-hydrogen) atoms. The average Bonchev–Trinajstić information content (AvgIpc) is 3.22. The molecule has 1 atom stereocenters. The average molecular weight is 342 g/mol. The van der Waals surface area contributed by atoms with Crippen molar-refractivity contribution in [3.05, 3.63) is 53.3 Å². The number of benzene rings is 1. The van der Waals surface area contributed by atoms with E-state index in [0.717, 1.165) is 35.1 Å². The van der Waals surface area contributed by atoms with Gasteiger partial charge in [0.05, 0.1) is 31.1 Å². The Bertz CT molecular complexity index is 796. The molecule has 0 saturated heterocycles. The number of aromatic nitrogens is 3. The maximum Gasteiger partial charge on any atom is 0.129 e. The molecule has 1 aromatic carbocycles. The lowest BCUT2D eigenvalue weighted by Gasteiger charge is -2.12. The van der Waals surface area contributed by atoms with E-state index in [1.165, 1.54) is 5.56 Å². The first-order valence-electron chi connectivity index (χ1n) is 7.96. The van der Waals surface area contributed by atoms with Crippen LogP contribution in [0.3, 0.4) is 0 Å². The van der Waals surface area contributed by atoms with E-state index in [1.54, 1.807) is 18.4 Å². The minimum atomic E-state index is 0.320. The van der Waals surface area contributed by atoms with Crippen LogP contribution < -0.4 is 10.1 Å². The summed E-state index contributed by atoms with van der Waals surface area (Å²) in [6, 6.07) is 8.30.